The Hall–Kier alpha value is -1.20. The maximum Gasteiger partial charge on any atom is 0.340 e. The van der Waals surface area contributed by atoms with Crippen LogP contribution < -0.4 is 0 Å². The number of sulfonamides is 1. The molecule has 0 amide bonds. The number of carbonyl (C=O) groups excluding carboxylic acids is 2. The van der Waals surface area contributed by atoms with E-state index >= 15 is 0 Å². The first-order chi connectivity index (χ1) is 13.7. The second kappa shape index (κ2) is 9.30. The van der Waals surface area contributed by atoms with Crippen LogP contribution in [0.25, 0.3) is 0 Å². The number of hydrogen-bond acceptors (Lipinski definition) is 7. The minimum atomic E-state index is -3.96. The van der Waals surface area contributed by atoms with Crippen molar-refractivity contribution in [2.24, 2.45) is 0 Å². The molecule has 0 saturated carbocycles. The summed E-state index contributed by atoms with van der Waals surface area (Å²) in [4.78, 5) is 24.6. The maximum atomic E-state index is 12.9. The van der Waals surface area contributed by atoms with Crippen LogP contribution in [-0.4, -0.2) is 57.4 Å². The number of thiophene rings is 1. The summed E-state index contributed by atoms with van der Waals surface area (Å²) >= 11 is 19.0. The van der Waals surface area contributed by atoms with Crippen LogP contribution in [0, 0.1) is 0 Å². The van der Waals surface area contributed by atoms with E-state index in [0.29, 0.717) is 9.21 Å². The monoisotopic (exact) mass is 497 g/mol. The molecule has 0 unspecified atom stereocenters. The highest BCUT2D eigenvalue weighted by atomic mass is 35.5. The Morgan fingerprint density at radius 2 is 1.79 bits per heavy atom. The van der Waals surface area contributed by atoms with Gasteiger partial charge in [-0.3, -0.25) is 4.79 Å². The molecule has 0 radical (unpaired) electrons. The van der Waals surface area contributed by atoms with Gasteiger partial charge in [-0.2, -0.15) is 4.31 Å². The number of carbonyl (C=O) groups is 2. The lowest BCUT2D eigenvalue weighted by atomic mass is 10.2. The topological polar surface area (TPSA) is 90.0 Å². The number of nitrogens with zero attached hydrogens (tertiary/aromatic N) is 1. The fraction of sp³-hybridized carbons (Fsp3) is 0.294. The van der Waals surface area contributed by atoms with E-state index in [1.807, 2.05) is 0 Å². The van der Waals surface area contributed by atoms with Crippen LogP contribution in [0.1, 0.15) is 20.0 Å². The summed E-state index contributed by atoms with van der Waals surface area (Å²) in [6.07, 6.45) is 0. The predicted molar refractivity (Wildman–Crippen MR) is 110 cm³/mol. The van der Waals surface area contributed by atoms with Crippen molar-refractivity contribution in [1.29, 1.82) is 0 Å². The first kappa shape index (κ1) is 22.5. The summed E-state index contributed by atoms with van der Waals surface area (Å²) in [6.45, 7) is 0.306. The van der Waals surface area contributed by atoms with Crippen LogP contribution in [0.5, 0.6) is 0 Å². The fourth-order valence-corrected chi connectivity index (χ4v) is 5.75. The number of Topliss-reactive ketones (excluding diaryl/α,β-unsaturated/α-hetero) is 1. The Labute approximate surface area is 186 Å². The Morgan fingerprint density at radius 1 is 1.10 bits per heavy atom. The Morgan fingerprint density at radius 3 is 2.41 bits per heavy atom. The first-order valence-electron chi connectivity index (χ1n) is 8.23. The normalized spacial score (nSPS) is 15.3. The number of halogens is 3. The minimum Gasteiger partial charge on any atom is -0.454 e. The number of hydrogen-bond donors (Lipinski definition) is 0. The zero-order chi connectivity index (χ0) is 21.2. The number of rotatable bonds is 6. The lowest BCUT2D eigenvalue weighted by molar-refractivity contribution is 0.0475. The smallest absolute Gasteiger partial charge is 0.340 e. The van der Waals surface area contributed by atoms with Gasteiger partial charge in [0.25, 0.3) is 0 Å². The molecule has 12 heteroatoms. The summed E-state index contributed by atoms with van der Waals surface area (Å²) in [6, 6.07) is 5.30. The van der Waals surface area contributed by atoms with Gasteiger partial charge in [0.15, 0.2) is 6.61 Å². The highest BCUT2D eigenvalue weighted by molar-refractivity contribution is 7.89. The van der Waals surface area contributed by atoms with Gasteiger partial charge in [-0.1, -0.05) is 34.8 Å². The minimum absolute atomic E-state index is 0.0902. The van der Waals surface area contributed by atoms with Crippen molar-refractivity contribution in [3.63, 3.8) is 0 Å². The molecule has 2 aromatic rings. The van der Waals surface area contributed by atoms with Gasteiger partial charge in [-0.15, -0.1) is 11.3 Å². The molecular formula is C17H14Cl3NO6S2. The molecule has 7 nitrogen and oxygen atoms in total. The van der Waals surface area contributed by atoms with E-state index in [1.165, 1.54) is 10.4 Å². The molecule has 1 saturated heterocycles. The van der Waals surface area contributed by atoms with Crippen LogP contribution in [-0.2, 0) is 19.5 Å². The van der Waals surface area contributed by atoms with E-state index in [-0.39, 0.29) is 46.8 Å². The number of ketones is 1. The van der Waals surface area contributed by atoms with Gasteiger partial charge in [0, 0.05) is 13.1 Å². The number of esters is 1. The molecule has 29 heavy (non-hydrogen) atoms. The van der Waals surface area contributed by atoms with E-state index in [1.54, 1.807) is 6.07 Å². The summed E-state index contributed by atoms with van der Waals surface area (Å²) in [5, 5.41) is -0.213. The fourth-order valence-electron chi connectivity index (χ4n) is 2.55. The van der Waals surface area contributed by atoms with E-state index in [4.69, 9.17) is 44.3 Å². The van der Waals surface area contributed by atoms with Gasteiger partial charge in [0.05, 0.1) is 38.0 Å². The molecule has 1 aromatic heterocycles. The lowest BCUT2D eigenvalue weighted by Gasteiger charge is -2.26. The lowest BCUT2D eigenvalue weighted by Crippen LogP contribution is -2.40. The summed E-state index contributed by atoms with van der Waals surface area (Å²) in [5.41, 5.74) is -0.208. The predicted octanol–water partition coefficient (Wildman–Crippen LogP) is 3.77. The third-order valence-corrected chi connectivity index (χ3v) is 7.96. The van der Waals surface area contributed by atoms with Crippen molar-refractivity contribution in [1.82, 2.24) is 4.31 Å². The van der Waals surface area contributed by atoms with Crippen LogP contribution in [0.15, 0.2) is 29.2 Å². The van der Waals surface area contributed by atoms with Gasteiger partial charge in [-0.05, 0) is 24.3 Å². The molecule has 1 aromatic carbocycles. The van der Waals surface area contributed by atoms with Crippen LogP contribution in [0.4, 0.5) is 0 Å². The van der Waals surface area contributed by atoms with Gasteiger partial charge >= 0.3 is 5.97 Å². The van der Waals surface area contributed by atoms with Gasteiger partial charge in [-0.25, -0.2) is 13.2 Å². The van der Waals surface area contributed by atoms with E-state index in [2.05, 4.69) is 0 Å². The quantitative estimate of drug-likeness (QED) is 0.445. The third kappa shape index (κ3) is 5.11. The van der Waals surface area contributed by atoms with Gasteiger partial charge < -0.3 is 9.47 Å². The SMILES string of the molecule is O=C(COC(=O)c1cc(S(=O)(=O)N2CCOCC2)c(Cl)cc1Cl)c1ccc(Cl)s1. The number of morpholine rings is 1. The number of benzene rings is 1. The molecule has 0 spiro atoms. The van der Waals surface area contributed by atoms with Crippen molar-refractivity contribution in [3.05, 3.63) is 49.1 Å². The highest BCUT2D eigenvalue weighted by Crippen LogP contribution is 2.31. The van der Waals surface area contributed by atoms with Crippen molar-refractivity contribution in [2.75, 3.05) is 32.9 Å². The van der Waals surface area contributed by atoms with Gasteiger partial charge in [0.2, 0.25) is 15.8 Å². The molecule has 1 aliphatic heterocycles. The third-order valence-electron chi connectivity index (χ3n) is 4.01. The summed E-state index contributed by atoms with van der Waals surface area (Å²) in [7, 11) is -3.96. The molecule has 0 atom stereocenters. The van der Waals surface area contributed by atoms with E-state index in [9.17, 15) is 18.0 Å². The Bertz CT molecular complexity index is 1050. The number of ether oxygens (including phenoxy) is 2. The molecule has 1 aliphatic rings. The maximum absolute atomic E-state index is 12.9. The molecule has 3 rings (SSSR count). The Kier molecular flexibility index (Phi) is 7.21. The second-order valence-corrected chi connectivity index (χ2v) is 10.3. The average molecular weight is 499 g/mol. The second-order valence-electron chi connectivity index (χ2n) is 5.88. The zero-order valence-corrected chi connectivity index (χ0v) is 18.6. The van der Waals surface area contributed by atoms with E-state index < -0.39 is 28.4 Å². The molecular weight excluding hydrogens is 485 g/mol. The van der Waals surface area contributed by atoms with Crippen molar-refractivity contribution >= 4 is 67.9 Å². The molecule has 0 bridgehead atoms. The van der Waals surface area contributed by atoms with E-state index in [0.717, 1.165) is 23.5 Å². The molecule has 1 fully saturated rings. The van der Waals surface area contributed by atoms with Crippen molar-refractivity contribution < 1.29 is 27.5 Å². The average Bonchev–Trinajstić information content (AvgIpc) is 3.13. The van der Waals surface area contributed by atoms with Crippen LogP contribution in [0.3, 0.4) is 0 Å². The largest absolute Gasteiger partial charge is 0.454 e. The zero-order valence-electron chi connectivity index (χ0n) is 14.7. The van der Waals surface area contributed by atoms with Crippen LogP contribution in [0.2, 0.25) is 14.4 Å². The summed E-state index contributed by atoms with van der Waals surface area (Å²) < 4.78 is 37.6. The molecule has 2 heterocycles. The Balaban J connectivity index is 1.81. The standard InChI is InChI=1S/C17H14Cl3NO6S2/c18-11-8-12(19)15(29(24,25)21-3-5-26-6-4-21)7-10(11)17(23)27-9-13(22)14-1-2-16(20)28-14/h1-2,7-8H,3-6,9H2. The molecule has 0 aliphatic carbocycles. The molecule has 0 N–H and O–H groups in total. The summed E-state index contributed by atoms with van der Waals surface area (Å²) in [5.74, 6) is -1.39. The van der Waals surface area contributed by atoms with Gasteiger partial charge in [0.1, 0.15) is 4.90 Å². The van der Waals surface area contributed by atoms with Crippen molar-refractivity contribution in [2.45, 2.75) is 4.90 Å². The molecule has 156 valence electrons. The van der Waals surface area contributed by atoms with Crippen molar-refractivity contribution in [3.8, 4) is 0 Å². The van der Waals surface area contributed by atoms with Crippen LogP contribution >= 0.6 is 46.1 Å². The first-order valence-corrected chi connectivity index (χ1v) is 11.6. The highest BCUT2D eigenvalue weighted by Gasteiger charge is 2.30.